The quantitative estimate of drug-likeness (QED) is 0.191. The van der Waals surface area contributed by atoms with Crippen molar-refractivity contribution in [1.82, 2.24) is 9.13 Å². The highest BCUT2D eigenvalue weighted by Crippen LogP contribution is 2.37. The van der Waals surface area contributed by atoms with E-state index in [2.05, 4.69) is 155 Å². The summed E-state index contributed by atoms with van der Waals surface area (Å²) in [4.78, 5) is 0. The molecule has 2 heterocycles. The lowest BCUT2D eigenvalue weighted by molar-refractivity contribution is 0.870. The van der Waals surface area contributed by atoms with Crippen LogP contribution in [0, 0.1) is 22.7 Å². The van der Waals surface area contributed by atoms with Gasteiger partial charge in [0.1, 0.15) is 0 Å². The van der Waals surface area contributed by atoms with E-state index in [-0.39, 0.29) is 0 Å². The summed E-state index contributed by atoms with van der Waals surface area (Å²) in [5.41, 5.74) is 11.6. The van der Waals surface area contributed by atoms with Crippen molar-refractivity contribution in [2.45, 2.75) is 6.54 Å². The fraction of sp³-hybridized carbons (Fsp3) is 0.0222. The van der Waals surface area contributed by atoms with E-state index < -0.39 is 0 Å². The Morgan fingerprint density at radius 2 is 0.959 bits per heavy atom. The Kier molecular flexibility index (Phi) is 6.61. The topological polar surface area (TPSA) is 57.4 Å². The Morgan fingerprint density at radius 1 is 0.449 bits per heavy atom. The first-order valence-electron chi connectivity index (χ1n) is 16.3. The lowest BCUT2D eigenvalue weighted by atomic mass is 9.92. The van der Waals surface area contributed by atoms with Gasteiger partial charge in [0.25, 0.3) is 0 Å². The summed E-state index contributed by atoms with van der Waals surface area (Å²) < 4.78 is 4.62. The van der Waals surface area contributed by atoms with Crippen LogP contribution in [0.2, 0.25) is 0 Å². The van der Waals surface area contributed by atoms with Crippen LogP contribution in [0.1, 0.15) is 16.7 Å². The first-order chi connectivity index (χ1) is 24.2. The molecule has 49 heavy (non-hydrogen) atoms. The molecule has 0 amide bonds. The molecule has 0 saturated heterocycles. The van der Waals surface area contributed by atoms with Gasteiger partial charge in [0.05, 0.1) is 34.3 Å². The van der Waals surface area contributed by atoms with Gasteiger partial charge in [-0.3, -0.25) is 0 Å². The van der Waals surface area contributed by atoms with E-state index in [0.29, 0.717) is 17.7 Å². The molecule has 0 bridgehead atoms. The number of nitrogens with zero attached hydrogens (tertiary/aromatic N) is 4. The van der Waals surface area contributed by atoms with Crippen LogP contribution in [0.4, 0.5) is 0 Å². The summed E-state index contributed by atoms with van der Waals surface area (Å²) >= 11 is 0. The number of para-hydroxylation sites is 4. The number of rotatable bonds is 5. The maximum Gasteiger partial charge on any atom is 0.0998 e. The van der Waals surface area contributed by atoms with E-state index >= 15 is 0 Å². The van der Waals surface area contributed by atoms with Gasteiger partial charge in [-0.2, -0.15) is 10.5 Å². The molecule has 228 valence electrons. The van der Waals surface area contributed by atoms with Crippen molar-refractivity contribution >= 4 is 43.6 Å². The second-order valence-electron chi connectivity index (χ2n) is 12.4. The van der Waals surface area contributed by atoms with Gasteiger partial charge in [0.15, 0.2) is 0 Å². The average Bonchev–Trinajstić information content (AvgIpc) is 3.67. The molecule has 0 radical (unpaired) electrons. The van der Waals surface area contributed by atoms with Crippen molar-refractivity contribution in [3.63, 3.8) is 0 Å². The minimum Gasteiger partial charge on any atom is -0.336 e. The second kappa shape index (κ2) is 11.4. The largest absolute Gasteiger partial charge is 0.336 e. The molecule has 0 aliphatic rings. The number of fused-ring (bicyclic) bond motifs is 6. The van der Waals surface area contributed by atoms with Crippen LogP contribution in [-0.2, 0) is 6.54 Å². The van der Waals surface area contributed by atoms with Crippen LogP contribution in [0.15, 0.2) is 158 Å². The summed E-state index contributed by atoms with van der Waals surface area (Å²) in [6.07, 6.45) is 0. The summed E-state index contributed by atoms with van der Waals surface area (Å²) in [6.45, 7) is 0.625. The van der Waals surface area contributed by atoms with Crippen molar-refractivity contribution in [3.05, 3.63) is 174 Å². The molecular weight excluding hydrogens is 597 g/mol. The molecule has 7 aromatic carbocycles. The number of benzene rings is 7. The predicted molar refractivity (Wildman–Crippen MR) is 200 cm³/mol. The van der Waals surface area contributed by atoms with E-state index in [9.17, 15) is 10.5 Å². The van der Waals surface area contributed by atoms with Crippen molar-refractivity contribution in [1.29, 1.82) is 10.5 Å². The van der Waals surface area contributed by atoms with Crippen molar-refractivity contribution < 1.29 is 0 Å². The van der Waals surface area contributed by atoms with Gasteiger partial charge in [-0.15, -0.1) is 0 Å². The third-order valence-electron chi connectivity index (χ3n) is 9.73. The Bertz CT molecular complexity index is 2710. The standard InChI is InChI=1S/C45H28N4/c46-27-32-24-25-35(49-43-18-7-3-14-38(43)39-15-4-8-19-44(39)49)26-40(32)30-20-22-31(23-21-30)45-33(28-47)10-9-11-34(45)29-48-41-16-5-1-12-36(41)37-13-2-6-17-42(37)48/h1-26H,29H2. The maximum atomic E-state index is 10.3. The highest BCUT2D eigenvalue weighted by Gasteiger charge is 2.17. The minimum atomic E-state index is 0.613. The predicted octanol–water partition coefficient (Wildman–Crippen LogP) is 11.0. The zero-order valence-corrected chi connectivity index (χ0v) is 26.5. The van der Waals surface area contributed by atoms with Gasteiger partial charge < -0.3 is 9.13 Å². The molecule has 0 atom stereocenters. The summed E-state index contributed by atoms with van der Waals surface area (Å²) in [7, 11) is 0. The number of hydrogen-bond acceptors (Lipinski definition) is 2. The van der Waals surface area contributed by atoms with Crippen molar-refractivity contribution in [2.75, 3.05) is 0 Å². The average molecular weight is 625 g/mol. The Balaban J connectivity index is 1.15. The molecule has 0 aliphatic heterocycles. The monoisotopic (exact) mass is 624 g/mol. The number of nitriles is 2. The Labute approximate surface area is 283 Å². The summed E-state index contributed by atoms with van der Waals surface area (Å²) in [6, 6.07) is 59.1. The lowest BCUT2D eigenvalue weighted by Gasteiger charge is -2.15. The van der Waals surface area contributed by atoms with Gasteiger partial charge in [-0.1, -0.05) is 109 Å². The molecule has 0 spiro atoms. The molecule has 9 aromatic rings. The van der Waals surface area contributed by atoms with Crippen LogP contribution >= 0.6 is 0 Å². The third kappa shape index (κ3) is 4.51. The second-order valence-corrected chi connectivity index (χ2v) is 12.4. The van der Waals surface area contributed by atoms with Crippen molar-refractivity contribution in [3.8, 4) is 40.1 Å². The molecule has 4 heteroatoms. The van der Waals surface area contributed by atoms with Gasteiger partial charge >= 0.3 is 0 Å². The highest BCUT2D eigenvalue weighted by atomic mass is 15.0. The molecule has 0 aliphatic carbocycles. The molecule has 0 unspecified atom stereocenters. The van der Waals surface area contributed by atoms with Crippen LogP contribution < -0.4 is 0 Å². The Hall–Kier alpha value is -6.88. The van der Waals surface area contributed by atoms with E-state index in [1.54, 1.807) is 0 Å². The van der Waals surface area contributed by atoms with Gasteiger partial charge in [0, 0.05) is 55.9 Å². The molecule has 0 fully saturated rings. The smallest absolute Gasteiger partial charge is 0.0998 e. The normalized spacial score (nSPS) is 11.3. The van der Waals surface area contributed by atoms with Crippen LogP contribution in [-0.4, -0.2) is 9.13 Å². The van der Waals surface area contributed by atoms with E-state index in [0.717, 1.165) is 44.5 Å². The first kappa shape index (κ1) is 28.4. The van der Waals surface area contributed by atoms with Crippen LogP contribution in [0.5, 0.6) is 0 Å². The molecule has 4 nitrogen and oxygen atoms in total. The van der Waals surface area contributed by atoms with Crippen LogP contribution in [0.25, 0.3) is 71.6 Å². The Morgan fingerprint density at radius 3 is 1.53 bits per heavy atom. The molecule has 2 aromatic heterocycles. The van der Waals surface area contributed by atoms with E-state index in [1.807, 2.05) is 24.3 Å². The maximum absolute atomic E-state index is 10.3. The van der Waals surface area contributed by atoms with Crippen LogP contribution in [0.3, 0.4) is 0 Å². The SMILES string of the molecule is N#Cc1ccc(-n2c3ccccc3c3ccccc32)cc1-c1ccc(-c2c(C#N)cccc2Cn2c3ccccc3c3ccccc32)cc1. The molecule has 9 rings (SSSR count). The van der Waals surface area contributed by atoms with E-state index in [1.165, 1.54) is 32.6 Å². The van der Waals surface area contributed by atoms with Gasteiger partial charge in [-0.05, 0) is 65.2 Å². The number of aromatic nitrogens is 2. The highest BCUT2D eigenvalue weighted by molar-refractivity contribution is 6.09. The van der Waals surface area contributed by atoms with E-state index in [4.69, 9.17) is 0 Å². The van der Waals surface area contributed by atoms with Gasteiger partial charge in [-0.25, -0.2) is 0 Å². The molecular formula is C45H28N4. The fourth-order valence-corrected chi connectivity index (χ4v) is 7.53. The lowest BCUT2D eigenvalue weighted by Crippen LogP contribution is -2.02. The summed E-state index contributed by atoms with van der Waals surface area (Å²) in [5, 5.41) is 25.2. The zero-order chi connectivity index (χ0) is 32.9. The zero-order valence-electron chi connectivity index (χ0n) is 26.5. The summed E-state index contributed by atoms with van der Waals surface area (Å²) in [5.74, 6) is 0. The molecule has 0 saturated carbocycles. The van der Waals surface area contributed by atoms with Crippen molar-refractivity contribution in [2.24, 2.45) is 0 Å². The number of hydrogen-bond donors (Lipinski definition) is 0. The minimum absolute atomic E-state index is 0.613. The third-order valence-corrected chi connectivity index (χ3v) is 9.73. The molecule has 0 N–H and O–H groups in total. The first-order valence-corrected chi connectivity index (χ1v) is 16.3. The fourth-order valence-electron chi connectivity index (χ4n) is 7.53. The van der Waals surface area contributed by atoms with Gasteiger partial charge in [0.2, 0.25) is 0 Å².